The zero-order chi connectivity index (χ0) is 38.2. The summed E-state index contributed by atoms with van der Waals surface area (Å²) in [5.41, 5.74) is 13.3. The third-order valence-electron chi connectivity index (χ3n) is 11.7. The number of para-hydroxylation sites is 3. The first-order valence-electron chi connectivity index (χ1n) is 19.8. The van der Waals surface area contributed by atoms with Crippen LogP contribution in [0.2, 0.25) is 0 Å². The molecule has 0 aliphatic carbocycles. The summed E-state index contributed by atoms with van der Waals surface area (Å²) in [4.78, 5) is 10.6. The van der Waals surface area contributed by atoms with Crippen molar-refractivity contribution in [2.75, 3.05) is 0 Å². The molecule has 0 saturated carbocycles. The summed E-state index contributed by atoms with van der Waals surface area (Å²) in [5.74, 6) is 0.654. The first-order valence-corrected chi connectivity index (χ1v) is 19.8. The fourth-order valence-electron chi connectivity index (χ4n) is 9.12. The maximum Gasteiger partial charge on any atom is 0.235 e. The molecule has 0 spiro atoms. The molecular formula is C54H34N4. The second-order valence-electron chi connectivity index (χ2n) is 15.0. The van der Waals surface area contributed by atoms with Crippen molar-refractivity contribution in [3.8, 4) is 45.1 Å². The van der Waals surface area contributed by atoms with Gasteiger partial charge >= 0.3 is 0 Å². The van der Waals surface area contributed by atoms with E-state index in [1.165, 1.54) is 60.0 Å². The van der Waals surface area contributed by atoms with Crippen LogP contribution in [0.3, 0.4) is 0 Å². The molecular weight excluding hydrogens is 705 g/mol. The van der Waals surface area contributed by atoms with Crippen LogP contribution in [-0.4, -0.2) is 19.1 Å². The van der Waals surface area contributed by atoms with Crippen LogP contribution in [0, 0.1) is 0 Å². The van der Waals surface area contributed by atoms with Crippen molar-refractivity contribution in [2.45, 2.75) is 0 Å². The standard InChI is InChI=1S/C54H34N4/c1-3-15-35(16-4-1)36-27-30-39(31-28-36)57-48-25-13-10-20-41(48)46-33-38(29-32-50(46)57)45-34-51-52(42-21-8-7-19-40(42)45)44-23-11-14-26-49(44)58(51)54-55-47-24-12-9-22-43(47)53(56-54)37-17-5-2-6-18-37/h1-34H. The van der Waals surface area contributed by atoms with Gasteiger partial charge in [-0.3, -0.25) is 4.57 Å². The lowest BCUT2D eigenvalue weighted by molar-refractivity contribution is 1.01. The Kier molecular flexibility index (Phi) is 7.20. The molecule has 3 aromatic heterocycles. The van der Waals surface area contributed by atoms with Gasteiger partial charge in [-0.25, -0.2) is 9.97 Å². The predicted octanol–water partition coefficient (Wildman–Crippen LogP) is 14.0. The van der Waals surface area contributed by atoms with Crippen molar-refractivity contribution in [3.05, 3.63) is 206 Å². The lowest BCUT2D eigenvalue weighted by Crippen LogP contribution is -2.03. The smallest absolute Gasteiger partial charge is 0.235 e. The fraction of sp³-hybridized carbons (Fsp3) is 0. The number of rotatable bonds is 5. The van der Waals surface area contributed by atoms with Crippen LogP contribution in [-0.2, 0) is 0 Å². The van der Waals surface area contributed by atoms with Crippen molar-refractivity contribution in [2.24, 2.45) is 0 Å². The first kappa shape index (κ1) is 32.4. The van der Waals surface area contributed by atoms with Gasteiger partial charge in [0.2, 0.25) is 5.95 Å². The molecule has 0 amide bonds. The van der Waals surface area contributed by atoms with Crippen molar-refractivity contribution < 1.29 is 0 Å². The molecule has 0 aliphatic heterocycles. The van der Waals surface area contributed by atoms with E-state index in [9.17, 15) is 0 Å². The molecule has 0 atom stereocenters. The number of fused-ring (bicyclic) bond motifs is 9. The highest BCUT2D eigenvalue weighted by Gasteiger charge is 2.21. The van der Waals surface area contributed by atoms with Gasteiger partial charge in [0, 0.05) is 38.2 Å². The molecule has 12 aromatic rings. The van der Waals surface area contributed by atoms with Crippen molar-refractivity contribution >= 4 is 65.3 Å². The van der Waals surface area contributed by atoms with Crippen LogP contribution >= 0.6 is 0 Å². The highest BCUT2D eigenvalue weighted by atomic mass is 15.2. The monoisotopic (exact) mass is 738 g/mol. The van der Waals surface area contributed by atoms with Crippen LogP contribution < -0.4 is 0 Å². The molecule has 0 fully saturated rings. The van der Waals surface area contributed by atoms with Crippen LogP contribution in [0.15, 0.2) is 206 Å². The van der Waals surface area contributed by atoms with Gasteiger partial charge in [-0.15, -0.1) is 0 Å². The molecule has 0 bridgehead atoms. The van der Waals surface area contributed by atoms with Gasteiger partial charge in [-0.2, -0.15) is 0 Å². The van der Waals surface area contributed by atoms with Crippen LogP contribution in [0.4, 0.5) is 0 Å². The number of hydrogen-bond acceptors (Lipinski definition) is 2. The topological polar surface area (TPSA) is 35.6 Å². The van der Waals surface area contributed by atoms with Crippen LogP contribution in [0.25, 0.3) is 110 Å². The summed E-state index contributed by atoms with van der Waals surface area (Å²) < 4.78 is 4.66. The molecule has 0 N–H and O–H groups in total. The molecule has 0 aliphatic rings. The highest BCUT2D eigenvalue weighted by molar-refractivity contribution is 6.24. The van der Waals surface area contributed by atoms with Gasteiger partial charge in [0.05, 0.1) is 33.3 Å². The Morgan fingerprint density at radius 2 is 0.862 bits per heavy atom. The Hall–Kier alpha value is -7.82. The van der Waals surface area contributed by atoms with Gasteiger partial charge in [0.25, 0.3) is 0 Å². The summed E-state index contributed by atoms with van der Waals surface area (Å²) in [5, 5.41) is 8.26. The molecule has 0 radical (unpaired) electrons. The lowest BCUT2D eigenvalue weighted by atomic mass is 9.94. The van der Waals surface area contributed by atoms with E-state index in [0.717, 1.165) is 44.4 Å². The Morgan fingerprint density at radius 3 is 1.62 bits per heavy atom. The Labute approximate surface area is 334 Å². The van der Waals surface area contributed by atoms with E-state index >= 15 is 0 Å². The average Bonchev–Trinajstić information content (AvgIpc) is 3.82. The molecule has 12 rings (SSSR count). The van der Waals surface area contributed by atoms with Crippen molar-refractivity contribution in [1.82, 2.24) is 19.1 Å². The zero-order valence-electron chi connectivity index (χ0n) is 31.4. The summed E-state index contributed by atoms with van der Waals surface area (Å²) in [6, 6.07) is 73.8. The number of benzene rings is 9. The minimum atomic E-state index is 0.654. The SMILES string of the molecule is c1ccc(-c2ccc(-n3c4ccccc4c4cc(-c5cc6c(c7ccccc57)c5ccccc5n6-c5nc(-c6ccccc6)c6ccccc6n5)ccc43)cc2)cc1. The number of aromatic nitrogens is 4. The van der Waals surface area contributed by atoms with E-state index in [1.54, 1.807) is 0 Å². The lowest BCUT2D eigenvalue weighted by Gasteiger charge is -2.14. The minimum absolute atomic E-state index is 0.654. The Bertz CT molecular complexity index is 3540. The molecule has 3 heterocycles. The highest BCUT2D eigenvalue weighted by Crippen LogP contribution is 2.43. The van der Waals surface area contributed by atoms with E-state index in [0.29, 0.717) is 5.95 Å². The van der Waals surface area contributed by atoms with E-state index in [-0.39, 0.29) is 0 Å². The van der Waals surface area contributed by atoms with Crippen LogP contribution in [0.1, 0.15) is 0 Å². The van der Waals surface area contributed by atoms with Crippen LogP contribution in [0.5, 0.6) is 0 Å². The van der Waals surface area contributed by atoms with E-state index in [1.807, 2.05) is 6.07 Å². The number of nitrogens with zero attached hydrogens (tertiary/aromatic N) is 4. The van der Waals surface area contributed by atoms with Gasteiger partial charge in [0.1, 0.15) is 0 Å². The summed E-state index contributed by atoms with van der Waals surface area (Å²) in [6.45, 7) is 0. The second-order valence-corrected chi connectivity index (χ2v) is 15.0. The summed E-state index contributed by atoms with van der Waals surface area (Å²) >= 11 is 0. The largest absolute Gasteiger partial charge is 0.309 e. The average molecular weight is 739 g/mol. The molecule has 9 aromatic carbocycles. The quantitative estimate of drug-likeness (QED) is 0.176. The molecule has 0 unspecified atom stereocenters. The maximum atomic E-state index is 5.37. The predicted molar refractivity (Wildman–Crippen MR) is 242 cm³/mol. The van der Waals surface area contributed by atoms with Gasteiger partial charge in [-0.05, 0) is 81.6 Å². The fourth-order valence-corrected chi connectivity index (χ4v) is 9.12. The second kappa shape index (κ2) is 12.9. The van der Waals surface area contributed by atoms with Crippen molar-refractivity contribution in [3.63, 3.8) is 0 Å². The molecule has 0 saturated heterocycles. The molecule has 270 valence electrons. The van der Waals surface area contributed by atoms with E-state index < -0.39 is 0 Å². The molecule has 4 heteroatoms. The third-order valence-corrected chi connectivity index (χ3v) is 11.7. The van der Waals surface area contributed by atoms with E-state index in [2.05, 4.69) is 209 Å². The van der Waals surface area contributed by atoms with E-state index in [4.69, 9.17) is 9.97 Å². The molecule has 4 nitrogen and oxygen atoms in total. The van der Waals surface area contributed by atoms with Gasteiger partial charge < -0.3 is 4.57 Å². The summed E-state index contributed by atoms with van der Waals surface area (Å²) in [6.07, 6.45) is 0. The van der Waals surface area contributed by atoms with Crippen molar-refractivity contribution in [1.29, 1.82) is 0 Å². The molecule has 58 heavy (non-hydrogen) atoms. The van der Waals surface area contributed by atoms with Gasteiger partial charge in [-0.1, -0.05) is 158 Å². The Balaban J connectivity index is 1.10. The zero-order valence-corrected chi connectivity index (χ0v) is 31.4. The maximum absolute atomic E-state index is 5.37. The third kappa shape index (κ3) is 4.95. The Morgan fingerprint density at radius 1 is 0.310 bits per heavy atom. The number of hydrogen-bond donors (Lipinski definition) is 0. The first-order chi connectivity index (χ1) is 28.8. The summed E-state index contributed by atoms with van der Waals surface area (Å²) in [7, 11) is 0. The van der Waals surface area contributed by atoms with Gasteiger partial charge in [0.15, 0.2) is 0 Å². The minimum Gasteiger partial charge on any atom is -0.309 e. The normalized spacial score (nSPS) is 11.8.